The highest BCUT2D eigenvalue weighted by Crippen LogP contribution is 2.47. The van der Waals surface area contributed by atoms with Crippen molar-refractivity contribution >= 4 is 29.7 Å². The number of imide groups is 2. The van der Waals surface area contributed by atoms with Gasteiger partial charge in [0.25, 0.3) is 0 Å². The van der Waals surface area contributed by atoms with E-state index in [1.165, 1.54) is 17.5 Å². The van der Waals surface area contributed by atoms with E-state index in [0.717, 1.165) is 24.8 Å². The Morgan fingerprint density at radius 1 is 1.16 bits per heavy atom. The van der Waals surface area contributed by atoms with Crippen LogP contribution in [0.15, 0.2) is 29.3 Å². The van der Waals surface area contributed by atoms with Crippen LogP contribution in [0.5, 0.6) is 0 Å². The summed E-state index contributed by atoms with van der Waals surface area (Å²) in [5.41, 5.74) is 1.68. The number of aliphatic imine (C=N–C) groups is 1. The molecule has 1 aromatic carbocycles. The molecule has 1 aliphatic heterocycles. The molecule has 0 spiro atoms. The lowest BCUT2D eigenvalue weighted by molar-refractivity contribution is -0.141. The Labute approximate surface area is 146 Å². The van der Waals surface area contributed by atoms with Gasteiger partial charge in [0.15, 0.2) is 5.92 Å². The quantitative estimate of drug-likeness (QED) is 0.679. The molecule has 3 fully saturated rings. The van der Waals surface area contributed by atoms with E-state index >= 15 is 0 Å². The van der Waals surface area contributed by atoms with Crippen molar-refractivity contribution in [3.63, 3.8) is 0 Å². The molecule has 1 N–H and O–H groups in total. The Balaban J connectivity index is 1.57. The van der Waals surface area contributed by atoms with Gasteiger partial charge in [-0.2, -0.15) is 0 Å². The smallest absolute Gasteiger partial charge is 0.277 e. The zero-order valence-electron chi connectivity index (χ0n) is 14.1. The van der Waals surface area contributed by atoms with Gasteiger partial charge in [-0.3, -0.25) is 24.8 Å². The lowest BCUT2D eigenvalue weighted by Crippen LogP contribution is -2.62. The number of nitrogens with zero attached hydrogens (tertiary/aromatic N) is 2. The monoisotopic (exact) mass is 339 g/mol. The lowest BCUT2D eigenvalue weighted by atomic mass is 9.92. The normalized spacial score (nSPS) is 31.9. The van der Waals surface area contributed by atoms with Gasteiger partial charge in [-0.25, -0.2) is 4.79 Å². The Morgan fingerprint density at radius 2 is 1.96 bits per heavy atom. The third kappa shape index (κ3) is 2.75. The highest BCUT2D eigenvalue weighted by atomic mass is 16.2. The molecule has 130 valence electrons. The molecule has 2 aliphatic carbocycles. The van der Waals surface area contributed by atoms with Crippen LogP contribution < -0.4 is 5.32 Å². The number of hydrogen-bond donors (Lipinski definition) is 1. The van der Waals surface area contributed by atoms with Gasteiger partial charge in [0.1, 0.15) is 0 Å². The number of rotatable bonds is 3. The predicted molar refractivity (Wildman–Crippen MR) is 92.4 cm³/mol. The highest BCUT2D eigenvalue weighted by Gasteiger charge is 2.50. The zero-order valence-corrected chi connectivity index (χ0v) is 14.1. The van der Waals surface area contributed by atoms with Crippen molar-refractivity contribution in [2.75, 3.05) is 0 Å². The molecule has 0 radical (unpaired) electrons. The molecule has 0 aromatic heterocycles. The average molecular weight is 339 g/mol. The van der Waals surface area contributed by atoms with Gasteiger partial charge in [0.05, 0.1) is 5.69 Å². The summed E-state index contributed by atoms with van der Waals surface area (Å²) in [6, 6.07) is 6.86. The lowest BCUT2D eigenvalue weighted by Gasteiger charge is -2.36. The molecule has 4 atom stereocenters. The maximum Gasteiger partial charge on any atom is 0.331 e. The number of carbonyl (C=O) groups excluding carboxylic acids is 3. The predicted octanol–water partition coefficient (Wildman–Crippen LogP) is 2.58. The molecular weight excluding hydrogens is 318 g/mol. The number of barbiturate groups is 1. The van der Waals surface area contributed by atoms with Crippen LogP contribution in [0, 0.1) is 24.7 Å². The topological polar surface area (TPSA) is 78.8 Å². The second-order valence-electron chi connectivity index (χ2n) is 7.29. The van der Waals surface area contributed by atoms with Crippen molar-refractivity contribution in [2.45, 2.75) is 38.6 Å². The number of urea groups is 1. The second-order valence-corrected chi connectivity index (χ2v) is 7.29. The van der Waals surface area contributed by atoms with Gasteiger partial charge in [0.2, 0.25) is 11.8 Å². The molecule has 2 saturated carbocycles. The van der Waals surface area contributed by atoms with Crippen LogP contribution >= 0.6 is 0 Å². The maximum absolute atomic E-state index is 12.9. The molecule has 2 bridgehead atoms. The van der Waals surface area contributed by atoms with Crippen LogP contribution in [0.4, 0.5) is 10.5 Å². The molecule has 3 aliphatic rings. The number of fused-ring (bicyclic) bond motifs is 2. The fourth-order valence-electron chi connectivity index (χ4n) is 4.44. The minimum Gasteiger partial charge on any atom is -0.277 e. The van der Waals surface area contributed by atoms with Crippen LogP contribution in [0.1, 0.15) is 31.2 Å². The summed E-state index contributed by atoms with van der Waals surface area (Å²) in [6.45, 7) is 1.92. The number of aryl methyl sites for hydroxylation is 1. The van der Waals surface area contributed by atoms with Crippen molar-refractivity contribution in [1.29, 1.82) is 0 Å². The van der Waals surface area contributed by atoms with E-state index in [9.17, 15) is 14.4 Å². The Hall–Kier alpha value is -2.50. The van der Waals surface area contributed by atoms with E-state index in [1.807, 2.05) is 31.2 Å². The van der Waals surface area contributed by atoms with Gasteiger partial charge in [0, 0.05) is 12.3 Å². The van der Waals surface area contributed by atoms with E-state index in [0.29, 0.717) is 17.5 Å². The van der Waals surface area contributed by atoms with Crippen molar-refractivity contribution in [1.82, 2.24) is 10.2 Å². The molecule has 4 rings (SSSR count). The molecular formula is C19H21N3O3. The SMILES string of the molecule is Cc1ccccc1N=C[C@H]1C(=O)NC(=O)N([C@H]2C[C@H]3CC[C@H]2C3)C1=O. The van der Waals surface area contributed by atoms with E-state index in [4.69, 9.17) is 0 Å². The number of para-hydroxylation sites is 1. The average Bonchev–Trinajstić information content (AvgIpc) is 3.19. The standard InChI is InChI=1S/C19H21N3O3/c1-11-4-2-3-5-15(11)20-10-14-17(23)21-19(25)22(18(14)24)16-9-12-6-7-13(16)8-12/h2-5,10,12-14,16H,6-9H2,1H3,(H,21,23,25)/t12-,13-,14-,16-/m0/s1. The van der Waals surface area contributed by atoms with Gasteiger partial charge in [-0.1, -0.05) is 24.6 Å². The molecule has 6 heteroatoms. The number of nitrogens with one attached hydrogen (secondary N) is 1. The first-order valence-electron chi connectivity index (χ1n) is 8.82. The van der Waals surface area contributed by atoms with Crippen molar-refractivity contribution < 1.29 is 14.4 Å². The third-order valence-electron chi connectivity index (χ3n) is 5.75. The molecule has 4 amide bonds. The summed E-state index contributed by atoms with van der Waals surface area (Å²) in [6.07, 6.45) is 5.55. The van der Waals surface area contributed by atoms with Crippen molar-refractivity contribution in [3.05, 3.63) is 29.8 Å². The van der Waals surface area contributed by atoms with Gasteiger partial charge in [-0.05, 0) is 49.7 Å². The number of carbonyl (C=O) groups is 3. The van der Waals surface area contributed by atoms with E-state index in [1.54, 1.807) is 0 Å². The first kappa shape index (κ1) is 16.0. The van der Waals surface area contributed by atoms with Crippen molar-refractivity contribution in [2.24, 2.45) is 22.7 Å². The van der Waals surface area contributed by atoms with Crippen LogP contribution in [-0.4, -0.2) is 35.0 Å². The van der Waals surface area contributed by atoms with Crippen molar-refractivity contribution in [3.8, 4) is 0 Å². The minimum atomic E-state index is -1.04. The molecule has 1 aromatic rings. The summed E-state index contributed by atoms with van der Waals surface area (Å²) in [5, 5.41) is 2.33. The maximum atomic E-state index is 12.9. The van der Waals surface area contributed by atoms with E-state index < -0.39 is 23.8 Å². The van der Waals surface area contributed by atoms with Gasteiger partial charge < -0.3 is 0 Å². The Kier molecular flexibility index (Phi) is 3.90. The van der Waals surface area contributed by atoms with Gasteiger partial charge >= 0.3 is 6.03 Å². The number of amides is 4. The highest BCUT2D eigenvalue weighted by molar-refractivity contribution is 6.23. The van der Waals surface area contributed by atoms with E-state index in [2.05, 4.69) is 10.3 Å². The molecule has 1 heterocycles. The van der Waals surface area contributed by atoms with Crippen LogP contribution in [0.25, 0.3) is 0 Å². The Bertz CT molecular complexity index is 773. The van der Waals surface area contributed by atoms with E-state index in [-0.39, 0.29) is 6.04 Å². The second kappa shape index (κ2) is 6.10. The van der Waals surface area contributed by atoms with Gasteiger partial charge in [-0.15, -0.1) is 0 Å². The molecule has 6 nitrogen and oxygen atoms in total. The summed E-state index contributed by atoms with van der Waals surface area (Å²) >= 11 is 0. The Morgan fingerprint density at radius 3 is 2.64 bits per heavy atom. The molecule has 25 heavy (non-hydrogen) atoms. The fraction of sp³-hybridized carbons (Fsp3) is 0.474. The third-order valence-corrected chi connectivity index (χ3v) is 5.75. The first-order chi connectivity index (χ1) is 12.0. The zero-order chi connectivity index (χ0) is 17.6. The summed E-state index contributed by atoms with van der Waals surface area (Å²) in [7, 11) is 0. The van der Waals surface area contributed by atoms with Crippen LogP contribution in [0.2, 0.25) is 0 Å². The fourth-order valence-corrected chi connectivity index (χ4v) is 4.44. The summed E-state index contributed by atoms with van der Waals surface area (Å²) in [5.74, 6) is -1.10. The number of benzene rings is 1. The largest absolute Gasteiger partial charge is 0.331 e. The van der Waals surface area contributed by atoms with Crippen LogP contribution in [-0.2, 0) is 9.59 Å². The number of hydrogen-bond acceptors (Lipinski definition) is 4. The molecule has 1 saturated heterocycles. The first-order valence-corrected chi connectivity index (χ1v) is 8.82. The summed E-state index contributed by atoms with van der Waals surface area (Å²) in [4.78, 5) is 42.9. The minimum absolute atomic E-state index is 0.0753. The molecule has 0 unspecified atom stereocenters. The van der Waals surface area contributed by atoms with Crippen LogP contribution in [0.3, 0.4) is 0 Å². The summed E-state index contributed by atoms with van der Waals surface area (Å²) < 4.78 is 0.